The molecule has 0 saturated carbocycles. The molecule has 7 atom stereocenters. The second kappa shape index (κ2) is 6.32. The predicted octanol–water partition coefficient (Wildman–Crippen LogP) is 1.31. The average Bonchev–Trinajstić information content (AvgIpc) is 2.92. The molecular formula is C19H28O7. The molecule has 3 aliphatic heterocycles. The molecule has 0 aromatic rings. The normalized spacial score (nSPS) is 45.6. The van der Waals surface area contributed by atoms with Crippen molar-refractivity contribution in [3.8, 4) is 0 Å². The molecule has 3 fully saturated rings. The zero-order valence-corrected chi connectivity index (χ0v) is 15.7. The molecule has 7 nitrogen and oxygen atoms in total. The van der Waals surface area contributed by atoms with E-state index in [-0.39, 0.29) is 36.7 Å². The first-order valence-electron chi connectivity index (χ1n) is 9.18. The van der Waals surface area contributed by atoms with E-state index >= 15 is 0 Å². The average molecular weight is 368 g/mol. The van der Waals surface area contributed by atoms with Crippen molar-refractivity contribution in [3.63, 3.8) is 0 Å². The van der Waals surface area contributed by atoms with Gasteiger partial charge in [-0.15, -0.1) is 0 Å². The third-order valence-corrected chi connectivity index (χ3v) is 5.90. The highest BCUT2D eigenvalue weighted by atomic mass is 16.7. The molecule has 26 heavy (non-hydrogen) atoms. The largest absolute Gasteiger partial charge is 0.461 e. The number of carbonyl (C=O) groups excluding carboxylic acids is 2. The van der Waals surface area contributed by atoms with Crippen molar-refractivity contribution >= 4 is 11.9 Å². The van der Waals surface area contributed by atoms with Crippen molar-refractivity contribution in [2.45, 2.75) is 76.7 Å². The molecule has 0 radical (unpaired) electrons. The molecule has 3 rings (SSSR count). The molecule has 7 unspecified atom stereocenters. The Morgan fingerprint density at radius 1 is 1.38 bits per heavy atom. The molecule has 2 N–H and O–H groups in total. The van der Waals surface area contributed by atoms with Crippen molar-refractivity contribution in [2.75, 3.05) is 0 Å². The topological polar surface area (TPSA) is 102 Å². The lowest BCUT2D eigenvalue weighted by atomic mass is 9.78. The quantitative estimate of drug-likeness (QED) is 0.560. The van der Waals surface area contributed by atoms with Gasteiger partial charge in [-0.05, 0) is 13.3 Å². The van der Waals surface area contributed by atoms with Crippen LogP contribution in [0.25, 0.3) is 0 Å². The Hall–Kier alpha value is -1.44. The summed E-state index contributed by atoms with van der Waals surface area (Å²) in [5.74, 6) is -3.92. The van der Waals surface area contributed by atoms with Crippen LogP contribution in [0.1, 0.15) is 47.0 Å². The molecule has 2 bridgehead atoms. The number of ether oxygens (including phenoxy) is 3. The monoisotopic (exact) mass is 368 g/mol. The molecule has 0 amide bonds. The minimum Gasteiger partial charge on any atom is -0.461 e. The van der Waals surface area contributed by atoms with Crippen LogP contribution in [0.2, 0.25) is 0 Å². The van der Waals surface area contributed by atoms with E-state index in [2.05, 4.69) is 6.58 Å². The molecular weight excluding hydrogens is 340 g/mol. The lowest BCUT2D eigenvalue weighted by Gasteiger charge is -2.34. The predicted molar refractivity (Wildman–Crippen MR) is 90.7 cm³/mol. The van der Waals surface area contributed by atoms with Crippen molar-refractivity contribution in [1.82, 2.24) is 0 Å². The molecule has 146 valence electrons. The molecule has 3 aliphatic rings. The SMILES string of the molecule is C=C1C(=O)OC2CC(C)C3(O)OC(C)(CC(OC(=O)C(C)C)C12)CC3O. The fourth-order valence-electron chi connectivity index (χ4n) is 4.39. The summed E-state index contributed by atoms with van der Waals surface area (Å²) < 4.78 is 17.1. The number of rotatable bonds is 2. The second-order valence-corrected chi connectivity index (χ2v) is 8.49. The number of aliphatic hydroxyl groups excluding tert-OH is 1. The highest BCUT2D eigenvalue weighted by Gasteiger charge is 2.60. The highest BCUT2D eigenvalue weighted by Crippen LogP contribution is 2.49. The molecule has 0 spiro atoms. The van der Waals surface area contributed by atoms with E-state index in [4.69, 9.17) is 14.2 Å². The van der Waals surface area contributed by atoms with Gasteiger partial charge < -0.3 is 24.4 Å². The molecule has 0 aromatic heterocycles. The van der Waals surface area contributed by atoms with E-state index in [1.807, 2.05) is 0 Å². The van der Waals surface area contributed by atoms with Crippen LogP contribution >= 0.6 is 0 Å². The lowest BCUT2D eigenvalue weighted by molar-refractivity contribution is -0.275. The van der Waals surface area contributed by atoms with Crippen LogP contribution in [0.3, 0.4) is 0 Å². The number of aliphatic hydroxyl groups is 2. The van der Waals surface area contributed by atoms with Crippen molar-refractivity contribution in [2.24, 2.45) is 17.8 Å². The fraction of sp³-hybridized carbons (Fsp3) is 0.789. The van der Waals surface area contributed by atoms with Gasteiger partial charge in [-0.3, -0.25) is 4.79 Å². The minimum absolute atomic E-state index is 0.211. The number of esters is 2. The smallest absolute Gasteiger partial charge is 0.334 e. The minimum atomic E-state index is -1.73. The summed E-state index contributed by atoms with van der Waals surface area (Å²) >= 11 is 0. The number of fused-ring (bicyclic) bond motifs is 3. The van der Waals surface area contributed by atoms with Gasteiger partial charge in [0.1, 0.15) is 18.3 Å². The molecule has 3 saturated heterocycles. The zero-order valence-electron chi connectivity index (χ0n) is 15.7. The van der Waals surface area contributed by atoms with Gasteiger partial charge >= 0.3 is 11.9 Å². The Labute approximate surface area is 153 Å². The van der Waals surface area contributed by atoms with Gasteiger partial charge in [0, 0.05) is 24.3 Å². The summed E-state index contributed by atoms with van der Waals surface area (Å²) in [7, 11) is 0. The van der Waals surface area contributed by atoms with Crippen molar-refractivity contribution < 1.29 is 34.0 Å². The highest BCUT2D eigenvalue weighted by molar-refractivity contribution is 5.91. The van der Waals surface area contributed by atoms with Gasteiger partial charge in [-0.1, -0.05) is 27.4 Å². The Balaban J connectivity index is 2.00. The van der Waals surface area contributed by atoms with Gasteiger partial charge in [-0.2, -0.15) is 0 Å². The Morgan fingerprint density at radius 3 is 2.65 bits per heavy atom. The molecule has 3 heterocycles. The third kappa shape index (κ3) is 3.06. The van der Waals surface area contributed by atoms with Crippen LogP contribution in [0.15, 0.2) is 12.2 Å². The summed E-state index contributed by atoms with van der Waals surface area (Å²) in [5, 5.41) is 21.3. The third-order valence-electron chi connectivity index (χ3n) is 5.90. The van der Waals surface area contributed by atoms with Gasteiger partial charge in [0.25, 0.3) is 0 Å². The van der Waals surface area contributed by atoms with Crippen LogP contribution < -0.4 is 0 Å². The van der Waals surface area contributed by atoms with E-state index in [9.17, 15) is 19.8 Å². The first kappa shape index (κ1) is 19.3. The summed E-state index contributed by atoms with van der Waals surface area (Å²) in [4.78, 5) is 24.4. The first-order valence-corrected chi connectivity index (χ1v) is 9.18. The second-order valence-electron chi connectivity index (χ2n) is 8.49. The lowest BCUT2D eigenvalue weighted by Crippen LogP contribution is -2.47. The van der Waals surface area contributed by atoms with Gasteiger partial charge in [0.05, 0.1) is 17.4 Å². The van der Waals surface area contributed by atoms with Crippen LogP contribution in [0.4, 0.5) is 0 Å². The van der Waals surface area contributed by atoms with E-state index in [0.29, 0.717) is 0 Å². The van der Waals surface area contributed by atoms with E-state index in [1.165, 1.54) is 0 Å². The zero-order chi connectivity index (χ0) is 19.4. The van der Waals surface area contributed by atoms with Crippen molar-refractivity contribution in [3.05, 3.63) is 12.2 Å². The van der Waals surface area contributed by atoms with Gasteiger partial charge in [0.2, 0.25) is 0 Å². The van der Waals surface area contributed by atoms with E-state index < -0.39 is 47.5 Å². The van der Waals surface area contributed by atoms with Gasteiger partial charge in [-0.25, -0.2) is 4.79 Å². The summed E-state index contributed by atoms with van der Waals surface area (Å²) in [6, 6.07) is 0. The number of hydrogen-bond acceptors (Lipinski definition) is 7. The van der Waals surface area contributed by atoms with E-state index in [0.717, 1.165) is 0 Å². The standard InChI is InChI=1S/C19H28O7/c1-9(2)16(21)25-13-7-18(5)8-14(20)19(23,26-18)10(3)6-12-15(13)11(4)17(22)24-12/h9-10,12-15,20,23H,4,6-8H2,1-3,5H3. The van der Waals surface area contributed by atoms with Crippen LogP contribution in [-0.2, 0) is 23.8 Å². The van der Waals surface area contributed by atoms with Crippen LogP contribution in [0, 0.1) is 17.8 Å². The first-order chi connectivity index (χ1) is 12.0. The van der Waals surface area contributed by atoms with Gasteiger partial charge in [0.15, 0.2) is 5.79 Å². The molecule has 0 aromatic carbocycles. The summed E-state index contributed by atoms with van der Waals surface area (Å²) in [6.07, 6.45) is -1.62. The summed E-state index contributed by atoms with van der Waals surface area (Å²) in [6.45, 7) is 10.8. The Bertz CT molecular complexity index is 629. The Kier molecular flexibility index (Phi) is 4.70. The van der Waals surface area contributed by atoms with Crippen LogP contribution in [-0.4, -0.2) is 51.9 Å². The number of carbonyl (C=O) groups is 2. The maximum absolute atomic E-state index is 12.3. The summed E-state index contributed by atoms with van der Waals surface area (Å²) in [5.41, 5.74) is -0.622. The van der Waals surface area contributed by atoms with Crippen LogP contribution in [0.5, 0.6) is 0 Å². The fourth-order valence-corrected chi connectivity index (χ4v) is 4.39. The molecule has 7 heteroatoms. The van der Waals surface area contributed by atoms with E-state index in [1.54, 1.807) is 27.7 Å². The maximum atomic E-state index is 12.3. The number of hydrogen-bond donors (Lipinski definition) is 2. The molecule has 0 aliphatic carbocycles. The maximum Gasteiger partial charge on any atom is 0.334 e. The van der Waals surface area contributed by atoms with Crippen molar-refractivity contribution in [1.29, 1.82) is 0 Å². The Morgan fingerprint density at radius 2 is 2.04 bits per heavy atom.